The number of aromatic hydroxyl groups is 1. The van der Waals surface area contributed by atoms with E-state index in [9.17, 15) is 5.11 Å². The number of rotatable bonds is 0. The largest absolute Gasteiger partial charge is 0.507 e. The lowest BCUT2D eigenvalue weighted by atomic mass is 9.54. The summed E-state index contributed by atoms with van der Waals surface area (Å²) in [4.78, 5) is 0. The molecule has 0 atom stereocenters. The molecule has 0 amide bonds. The van der Waals surface area contributed by atoms with Crippen LogP contribution >= 0.6 is 0 Å². The third-order valence-electron chi connectivity index (χ3n) is 9.40. The van der Waals surface area contributed by atoms with Gasteiger partial charge < -0.3 is 5.11 Å². The Bertz CT molecular complexity index is 1660. The minimum absolute atomic E-state index is 0.0178. The summed E-state index contributed by atoms with van der Waals surface area (Å²) in [6, 6.07) is 34.9. The standard InChI is InChI=1S/C36H22O/c1-2-19-32-28-20-11-3-7-15-24(20)30(25-16-8-4-12-21(25)28)34(32)36(37)35-31-26-17-9-5-13-22(26)29(33(19)35)23-14-6-10-18-27(23)31/h1,3-18,28-31,37H. The third kappa shape index (κ3) is 2.12. The molecule has 0 spiro atoms. The van der Waals surface area contributed by atoms with Gasteiger partial charge in [-0.15, -0.1) is 6.42 Å². The Morgan fingerprint density at radius 2 is 0.676 bits per heavy atom. The summed E-state index contributed by atoms with van der Waals surface area (Å²) in [7, 11) is 0. The maximum Gasteiger partial charge on any atom is 0.124 e. The number of phenols is 1. The number of phenolic OH excluding ortho intramolecular Hbond substituents is 1. The van der Waals surface area contributed by atoms with Crippen LogP contribution in [0.25, 0.3) is 0 Å². The monoisotopic (exact) mass is 470 g/mol. The zero-order valence-electron chi connectivity index (χ0n) is 20.1. The van der Waals surface area contributed by atoms with Crippen molar-refractivity contribution in [3.8, 4) is 18.1 Å². The summed E-state index contributed by atoms with van der Waals surface area (Å²) < 4.78 is 0. The fourth-order valence-electron chi connectivity index (χ4n) is 8.22. The molecule has 0 saturated heterocycles. The quantitative estimate of drug-likeness (QED) is 0.230. The van der Waals surface area contributed by atoms with Crippen molar-refractivity contribution >= 4 is 0 Å². The molecule has 0 aliphatic heterocycles. The van der Waals surface area contributed by atoms with Crippen molar-refractivity contribution in [3.05, 3.63) is 169 Å². The van der Waals surface area contributed by atoms with Crippen LogP contribution in [0.3, 0.4) is 0 Å². The smallest absolute Gasteiger partial charge is 0.124 e. The van der Waals surface area contributed by atoms with Gasteiger partial charge in [0.15, 0.2) is 0 Å². The van der Waals surface area contributed by atoms with Crippen LogP contribution < -0.4 is 0 Å². The molecule has 0 unspecified atom stereocenters. The molecule has 172 valence electrons. The lowest BCUT2D eigenvalue weighted by Crippen LogP contribution is -2.33. The van der Waals surface area contributed by atoms with E-state index in [1.807, 2.05) is 0 Å². The number of hydrogen-bond acceptors (Lipinski definition) is 1. The first kappa shape index (κ1) is 19.6. The highest BCUT2D eigenvalue weighted by atomic mass is 16.3. The molecule has 6 aliphatic carbocycles. The van der Waals surface area contributed by atoms with Gasteiger partial charge in [-0.05, 0) is 55.6 Å². The molecule has 0 radical (unpaired) electrons. The van der Waals surface area contributed by atoms with Gasteiger partial charge in [0.2, 0.25) is 0 Å². The molecule has 4 bridgehead atoms. The Balaban J connectivity index is 1.46. The highest BCUT2D eigenvalue weighted by Crippen LogP contribution is 2.65. The normalized spacial score (nSPS) is 22.1. The van der Waals surface area contributed by atoms with E-state index in [0.717, 1.165) is 27.8 Å². The zero-order chi connectivity index (χ0) is 24.4. The van der Waals surface area contributed by atoms with E-state index < -0.39 is 0 Å². The Kier molecular flexibility index (Phi) is 3.51. The molecule has 37 heavy (non-hydrogen) atoms. The van der Waals surface area contributed by atoms with Crippen molar-refractivity contribution in [1.29, 1.82) is 0 Å². The van der Waals surface area contributed by atoms with Crippen LogP contribution in [0, 0.1) is 12.3 Å². The second-order valence-electron chi connectivity index (χ2n) is 10.8. The van der Waals surface area contributed by atoms with E-state index in [1.54, 1.807) is 0 Å². The molecule has 6 aliphatic rings. The van der Waals surface area contributed by atoms with E-state index in [1.165, 1.54) is 44.5 Å². The molecule has 5 aromatic carbocycles. The van der Waals surface area contributed by atoms with Crippen molar-refractivity contribution in [1.82, 2.24) is 0 Å². The van der Waals surface area contributed by atoms with Gasteiger partial charge in [-0.3, -0.25) is 0 Å². The van der Waals surface area contributed by atoms with Gasteiger partial charge in [0, 0.05) is 40.4 Å². The minimum Gasteiger partial charge on any atom is -0.507 e. The predicted molar refractivity (Wildman–Crippen MR) is 146 cm³/mol. The minimum atomic E-state index is -0.0178. The number of hydrogen-bond donors (Lipinski definition) is 1. The van der Waals surface area contributed by atoms with Crippen LogP contribution in [0.4, 0.5) is 0 Å². The lowest BCUT2D eigenvalue weighted by molar-refractivity contribution is 0.449. The fourth-order valence-corrected chi connectivity index (χ4v) is 8.22. The summed E-state index contributed by atoms with van der Waals surface area (Å²) in [6.07, 6.45) is 6.46. The second kappa shape index (κ2) is 6.61. The molecule has 11 rings (SSSR count). The molecule has 1 nitrogen and oxygen atoms in total. The SMILES string of the molecule is C#Cc1c2c(c(O)c3c1C1c4ccccc4C3c3ccccc31)C1c3ccccc3C2c2ccccc21. The maximum absolute atomic E-state index is 12.4. The van der Waals surface area contributed by atoms with Crippen molar-refractivity contribution in [2.45, 2.75) is 23.7 Å². The molecule has 0 aromatic heterocycles. The van der Waals surface area contributed by atoms with Gasteiger partial charge in [-0.1, -0.05) is 103 Å². The van der Waals surface area contributed by atoms with Gasteiger partial charge in [0.25, 0.3) is 0 Å². The van der Waals surface area contributed by atoms with Crippen LogP contribution in [0.1, 0.15) is 96.0 Å². The molecule has 1 N–H and O–H groups in total. The van der Waals surface area contributed by atoms with Crippen molar-refractivity contribution in [2.24, 2.45) is 0 Å². The molecular weight excluding hydrogens is 448 g/mol. The van der Waals surface area contributed by atoms with E-state index >= 15 is 0 Å². The molecule has 0 saturated carbocycles. The summed E-state index contributed by atoms with van der Waals surface area (Å²) in [6.45, 7) is 0. The first-order valence-electron chi connectivity index (χ1n) is 13.0. The van der Waals surface area contributed by atoms with Gasteiger partial charge in [-0.2, -0.15) is 0 Å². The van der Waals surface area contributed by atoms with Crippen LogP contribution in [-0.2, 0) is 0 Å². The topological polar surface area (TPSA) is 20.2 Å². The summed E-state index contributed by atoms with van der Waals surface area (Å²) in [5, 5.41) is 12.4. The molecular formula is C36H22O. The van der Waals surface area contributed by atoms with E-state index in [2.05, 4.69) is 103 Å². The predicted octanol–water partition coefficient (Wildman–Crippen LogP) is 7.35. The van der Waals surface area contributed by atoms with Crippen LogP contribution in [0.2, 0.25) is 0 Å². The van der Waals surface area contributed by atoms with E-state index in [0.29, 0.717) is 5.75 Å². The first-order valence-corrected chi connectivity index (χ1v) is 13.0. The summed E-state index contributed by atoms with van der Waals surface area (Å²) >= 11 is 0. The second-order valence-corrected chi connectivity index (χ2v) is 10.8. The van der Waals surface area contributed by atoms with E-state index in [4.69, 9.17) is 6.42 Å². The fraction of sp³-hybridized carbons (Fsp3) is 0.111. The summed E-state index contributed by atoms with van der Waals surface area (Å²) in [5.74, 6) is 3.66. The highest BCUT2D eigenvalue weighted by molar-refractivity contribution is 5.81. The molecule has 5 aromatic rings. The Labute approximate surface area is 216 Å². The highest BCUT2D eigenvalue weighted by Gasteiger charge is 2.50. The maximum atomic E-state index is 12.4. The number of benzene rings is 5. The average Bonchev–Trinajstić information content (AvgIpc) is 2.97. The lowest BCUT2D eigenvalue weighted by Gasteiger charge is -2.48. The zero-order valence-corrected chi connectivity index (χ0v) is 20.1. The molecule has 0 fully saturated rings. The Morgan fingerprint density at radius 1 is 0.432 bits per heavy atom. The third-order valence-corrected chi connectivity index (χ3v) is 9.40. The number of terminal acetylenes is 1. The average molecular weight is 471 g/mol. The van der Waals surface area contributed by atoms with Gasteiger partial charge >= 0.3 is 0 Å². The first-order chi connectivity index (χ1) is 18.3. The molecule has 0 heterocycles. The van der Waals surface area contributed by atoms with Gasteiger partial charge in [-0.25, -0.2) is 0 Å². The van der Waals surface area contributed by atoms with Crippen LogP contribution in [0.15, 0.2) is 97.1 Å². The van der Waals surface area contributed by atoms with Crippen molar-refractivity contribution in [3.63, 3.8) is 0 Å². The van der Waals surface area contributed by atoms with E-state index in [-0.39, 0.29) is 23.7 Å². The summed E-state index contributed by atoms with van der Waals surface area (Å²) in [5.41, 5.74) is 15.7. The van der Waals surface area contributed by atoms with Gasteiger partial charge in [0.1, 0.15) is 5.75 Å². The van der Waals surface area contributed by atoms with Crippen LogP contribution in [-0.4, -0.2) is 5.11 Å². The van der Waals surface area contributed by atoms with Crippen molar-refractivity contribution < 1.29 is 5.11 Å². The molecule has 1 heteroatoms. The van der Waals surface area contributed by atoms with Crippen molar-refractivity contribution in [2.75, 3.05) is 0 Å². The Morgan fingerprint density at radius 3 is 0.919 bits per heavy atom. The van der Waals surface area contributed by atoms with Crippen LogP contribution in [0.5, 0.6) is 5.75 Å². The Hall–Kier alpha value is -4.54. The van der Waals surface area contributed by atoms with Gasteiger partial charge in [0.05, 0.1) is 0 Å².